The molecule has 0 amide bonds. The Morgan fingerprint density at radius 3 is 1.48 bits per heavy atom. The Balaban J connectivity index is 2.31. The second-order valence-electron chi connectivity index (χ2n) is 5.85. The van der Waals surface area contributed by atoms with Gasteiger partial charge in [0.25, 0.3) is 0 Å². The maximum absolute atomic E-state index is 12.6. The molecule has 0 aliphatic carbocycles. The molecule has 5 heteroatoms. The van der Waals surface area contributed by atoms with Gasteiger partial charge in [-0.05, 0) is 60.1 Å². The highest BCUT2D eigenvalue weighted by molar-refractivity contribution is 7.48. The maximum Gasteiger partial charge on any atom is 0.584 e. The van der Waals surface area contributed by atoms with Crippen molar-refractivity contribution in [3.05, 3.63) is 58.7 Å². The summed E-state index contributed by atoms with van der Waals surface area (Å²) in [6.07, 6.45) is 3.14. The number of hydrogen-bond donors (Lipinski definition) is 1. The lowest BCUT2D eigenvalue weighted by molar-refractivity contribution is 0.289. The molecule has 0 aromatic heterocycles. The Bertz CT molecular complexity index is 709. The SMILES string of the molecule is CCc1cccc(OP(=O)(O)Oc2cccc(CC)c2CC)c1CC. The minimum absolute atomic E-state index is 0.414. The van der Waals surface area contributed by atoms with Crippen LogP contribution in [-0.4, -0.2) is 4.89 Å². The predicted molar refractivity (Wildman–Crippen MR) is 101 cm³/mol. The zero-order valence-electron chi connectivity index (χ0n) is 15.4. The lowest BCUT2D eigenvalue weighted by atomic mass is 10.0. The van der Waals surface area contributed by atoms with Gasteiger partial charge in [-0.15, -0.1) is 0 Å². The van der Waals surface area contributed by atoms with Gasteiger partial charge in [0, 0.05) is 0 Å². The van der Waals surface area contributed by atoms with Crippen LogP contribution in [0.25, 0.3) is 0 Å². The van der Waals surface area contributed by atoms with E-state index < -0.39 is 7.82 Å². The smallest absolute Gasteiger partial charge is 0.395 e. The van der Waals surface area contributed by atoms with Crippen LogP contribution in [-0.2, 0) is 30.2 Å². The fourth-order valence-corrected chi connectivity index (χ4v) is 4.00. The van der Waals surface area contributed by atoms with Crippen LogP contribution in [0.3, 0.4) is 0 Å². The van der Waals surface area contributed by atoms with Crippen LogP contribution >= 0.6 is 7.82 Å². The maximum atomic E-state index is 12.6. The average molecular weight is 362 g/mol. The number of benzene rings is 2. The van der Waals surface area contributed by atoms with Crippen molar-refractivity contribution in [2.24, 2.45) is 0 Å². The monoisotopic (exact) mass is 362 g/mol. The largest absolute Gasteiger partial charge is 0.584 e. The van der Waals surface area contributed by atoms with E-state index in [2.05, 4.69) is 13.8 Å². The van der Waals surface area contributed by atoms with Crippen molar-refractivity contribution in [1.82, 2.24) is 0 Å². The molecule has 2 rings (SSSR count). The Labute approximate surface area is 150 Å². The van der Waals surface area contributed by atoms with Gasteiger partial charge in [0.2, 0.25) is 0 Å². The number of aryl methyl sites for hydroxylation is 2. The summed E-state index contributed by atoms with van der Waals surface area (Å²) in [5.41, 5.74) is 4.12. The molecule has 25 heavy (non-hydrogen) atoms. The fraction of sp³-hybridized carbons (Fsp3) is 0.400. The normalized spacial score (nSPS) is 11.4. The first-order valence-corrected chi connectivity index (χ1v) is 10.4. The summed E-state index contributed by atoms with van der Waals surface area (Å²) < 4.78 is 23.5. The Kier molecular flexibility index (Phi) is 6.69. The molecule has 1 N–H and O–H groups in total. The topological polar surface area (TPSA) is 55.8 Å². The molecular formula is C20H27O4P. The summed E-state index contributed by atoms with van der Waals surface area (Å²) in [4.78, 5) is 10.3. The van der Waals surface area contributed by atoms with E-state index in [0.717, 1.165) is 47.9 Å². The minimum atomic E-state index is -4.28. The lowest BCUT2D eigenvalue weighted by Crippen LogP contribution is -2.05. The van der Waals surface area contributed by atoms with Crippen molar-refractivity contribution in [3.63, 3.8) is 0 Å². The molecule has 2 aromatic rings. The Morgan fingerprint density at radius 1 is 0.760 bits per heavy atom. The van der Waals surface area contributed by atoms with Crippen LogP contribution in [0.5, 0.6) is 11.5 Å². The first-order valence-electron chi connectivity index (χ1n) is 8.89. The molecule has 0 radical (unpaired) electrons. The highest BCUT2D eigenvalue weighted by atomic mass is 31.2. The molecule has 0 aliphatic rings. The van der Waals surface area contributed by atoms with Crippen LogP contribution in [0.1, 0.15) is 49.9 Å². The third-order valence-corrected chi connectivity index (χ3v) is 5.21. The van der Waals surface area contributed by atoms with Gasteiger partial charge >= 0.3 is 7.82 Å². The number of phosphoric acid groups is 1. The molecule has 0 fully saturated rings. The van der Waals surface area contributed by atoms with Crippen molar-refractivity contribution in [1.29, 1.82) is 0 Å². The van der Waals surface area contributed by atoms with Gasteiger partial charge in [-0.25, -0.2) is 4.57 Å². The molecule has 0 bridgehead atoms. The fourth-order valence-electron chi connectivity index (χ4n) is 3.13. The molecule has 0 spiro atoms. The van der Waals surface area contributed by atoms with Crippen LogP contribution in [0.4, 0.5) is 0 Å². The number of phosphoric ester groups is 1. The molecule has 136 valence electrons. The average Bonchev–Trinajstić information content (AvgIpc) is 2.60. The Morgan fingerprint density at radius 2 is 1.16 bits per heavy atom. The van der Waals surface area contributed by atoms with E-state index in [-0.39, 0.29) is 0 Å². The summed E-state index contributed by atoms with van der Waals surface area (Å²) in [5.74, 6) is 0.828. The zero-order valence-corrected chi connectivity index (χ0v) is 16.3. The van der Waals surface area contributed by atoms with Crippen LogP contribution in [0.15, 0.2) is 36.4 Å². The van der Waals surface area contributed by atoms with Gasteiger partial charge in [0.1, 0.15) is 11.5 Å². The first kappa shape index (κ1) is 19.6. The summed E-state index contributed by atoms with van der Waals surface area (Å²) in [5, 5.41) is 0. The minimum Gasteiger partial charge on any atom is -0.395 e. The van der Waals surface area contributed by atoms with Gasteiger partial charge in [-0.3, -0.25) is 4.89 Å². The standard InChI is InChI=1S/C20H27O4P/c1-5-15-11-9-13-19(17(15)7-3)23-25(21,22)24-20-14-10-12-16(6-2)18(20)8-4/h9-14H,5-8H2,1-4H3,(H,21,22). The van der Waals surface area contributed by atoms with E-state index in [9.17, 15) is 9.46 Å². The Hall–Kier alpha value is -1.77. The second-order valence-corrected chi connectivity index (χ2v) is 7.16. The molecule has 0 saturated carbocycles. The molecule has 0 heterocycles. The van der Waals surface area contributed by atoms with Crippen LogP contribution in [0.2, 0.25) is 0 Å². The molecule has 0 aliphatic heterocycles. The van der Waals surface area contributed by atoms with E-state index in [1.165, 1.54) is 0 Å². The van der Waals surface area contributed by atoms with Crippen LogP contribution in [0, 0.1) is 0 Å². The summed E-state index contributed by atoms with van der Waals surface area (Å²) in [6, 6.07) is 11.1. The van der Waals surface area contributed by atoms with Crippen molar-refractivity contribution < 1.29 is 18.5 Å². The summed E-state index contributed by atoms with van der Waals surface area (Å²) in [6.45, 7) is 8.11. The van der Waals surface area contributed by atoms with Gasteiger partial charge in [0.05, 0.1) is 0 Å². The van der Waals surface area contributed by atoms with Crippen molar-refractivity contribution >= 4 is 7.82 Å². The lowest BCUT2D eigenvalue weighted by Gasteiger charge is -2.19. The molecule has 0 saturated heterocycles. The van der Waals surface area contributed by atoms with Gasteiger partial charge in [0.15, 0.2) is 0 Å². The molecule has 2 aromatic carbocycles. The number of hydrogen-bond acceptors (Lipinski definition) is 3. The summed E-state index contributed by atoms with van der Waals surface area (Å²) >= 11 is 0. The van der Waals surface area contributed by atoms with E-state index >= 15 is 0 Å². The van der Waals surface area contributed by atoms with Gasteiger partial charge in [-0.1, -0.05) is 52.0 Å². The third kappa shape index (κ3) is 4.65. The molecule has 0 unspecified atom stereocenters. The van der Waals surface area contributed by atoms with E-state index in [0.29, 0.717) is 11.5 Å². The highest BCUT2D eigenvalue weighted by Gasteiger charge is 2.28. The van der Waals surface area contributed by atoms with Gasteiger partial charge in [-0.2, -0.15) is 0 Å². The second kappa shape index (κ2) is 8.55. The predicted octanol–water partition coefficient (Wildman–Crippen LogP) is 5.49. The van der Waals surface area contributed by atoms with E-state index in [1.807, 2.05) is 38.1 Å². The molecule has 0 atom stereocenters. The van der Waals surface area contributed by atoms with Crippen molar-refractivity contribution in [3.8, 4) is 11.5 Å². The van der Waals surface area contributed by atoms with Crippen molar-refractivity contribution in [2.75, 3.05) is 0 Å². The quantitative estimate of drug-likeness (QED) is 0.631. The zero-order chi connectivity index (χ0) is 18.4. The number of rotatable bonds is 8. The third-order valence-electron chi connectivity index (χ3n) is 4.36. The molecule has 4 nitrogen and oxygen atoms in total. The van der Waals surface area contributed by atoms with E-state index in [4.69, 9.17) is 9.05 Å². The van der Waals surface area contributed by atoms with Crippen LogP contribution < -0.4 is 9.05 Å². The molecular weight excluding hydrogens is 335 g/mol. The first-order chi connectivity index (χ1) is 12.0. The highest BCUT2D eigenvalue weighted by Crippen LogP contribution is 2.47. The van der Waals surface area contributed by atoms with Gasteiger partial charge < -0.3 is 9.05 Å². The van der Waals surface area contributed by atoms with Crippen molar-refractivity contribution in [2.45, 2.75) is 53.4 Å². The van der Waals surface area contributed by atoms with E-state index in [1.54, 1.807) is 12.1 Å². The summed E-state index contributed by atoms with van der Waals surface area (Å²) in [7, 11) is -4.28.